The molecular weight excluding hydrogens is 428 g/mol. The number of thiophene rings is 1. The number of rotatable bonds is 6. The molecule has 0 spiro atoms. The Morgan fingerprint density at radius 2 is 1.75 bits per heavy atom. The molecule has 1 fully saturated rings. The van der Waals surface area contributed by atoms with Crippen LogP contribution < -0.4 is 24.4 Å². The second-order valence-electron chi connectivity index (χ2n) is 7.97. The van der Waals surface area contributed by atoms with Gasteiger partial charge in [0.05, 0.1) is 31.6 Å². The summed E-state index contributed by atoms with van der Waals surface area (Å²) in [6.07, 6.45) is 3.87. The summed E-state index contributed by atoms with van der Waals surface area (Å²) in [6.45, 7) is 6.18. The molecule has 0 aliphatic carbocycles. The Balaban J connectivity index is 1.67. The molecule has 9 heteroatoms. The molecule has 0 unspecified atom stereocenters. The Kier molecular flexibility index (Phi) is 6.36. The van der Waals surface area contributed by atoms with Gasteiger partial charge in [0, 0.05) is 30.9 Å². The summed E-state index contributed by atoms with van der Waals surface area (Å²) in [4.78, 5) is 26.0. The molecule has 0 bridgehead atoms. The maximum absolute atomic E-state index is 13.2. The number of benzene rings is 1. The molecule has 1 saturated heterocycles. The molecule has 8 nitrogen and oxygen atoms in total. The van der Waals surface area contributed by atoms with E-state index in [0.29, 0.717) is 27.8 Å². The third-order valence-electron chi connectivity index (χ3n) is 5.92. The van der Waals surface area contributed by atoms with Crippen LogP contribution in [0.15, 0.2) is 18.5 Å². The lowest BCUT2D eigenvalue weighted by atomic mass is 9.99. The van der Waals surface area contributed by atoms with Crippen molar-refractivity contribution in [1.29, 1.82) is 0 Å². The summed E-state index contributed by atoms with van der Waals surface area (Å²) in [5.74, 6) is 2.86. The number of hydrogen-bond donors (Lipinski definition) is 1. The lowest BCUT2D eigenvalue weighted by molar-refractivity contribution is 0.103. The van der Waals surface area contributed by atoms with Gasteiger partial charge >= 0.3 is 0 Å². The fourth-order valence-electron chi connectivity index (χ4n) is 4.07. The van der Waals surface area contributed by atoms with Crippen molar-refractivity contribution in [3.05, 3.63) is 28.9 Å². The Morgan fingerprint density at radius 3 is 2.34 bits per heavy atom. The van der Waals surface area contributed by atoms with Gasteiger partial charge < -0.3 is 24.4 Å². The molecule has 170 valence electrons. The minimum absolute atomic E-state index is 0.210. The first kappa shape index (κ1) is 22.1. The summed E-state index contributed by atoms with van der Waals surface area (Å²) in [6, 6.07) is 3.42. The van der Waals surface area contributed by atoms with Crippen LogP contribution in [0.2, 0.25) is 0 Å². The molecule has 0 atom stereocenters. The molecule has 3 heterocycles. The normalized spacial score (nSPS) is 14.5. The molecule has 0 radical (unpaired) electrons. The molecule has 1 N–H and O–H groups in total. The molecule has 1 aliphatic rings. The third-order valence-corrected chi connectivity index (χ3v) is 7.12. The van der Waals surface area contributed by atoms with Gasteiger partial charge in [-0.3, -0.25) is 4.79 Å². The Morgan fingerprint density at radius 1 is 1.09 bits per heavy atom. The number of aryl methyl sites for hydroxylation is 1. The van der Waals surface area contributed by atoms with E-state index in [4.69, 9.17) is 14.2 Å². The second-order valence-corrected chi connectivity index (χ2v) is 8.97. The van der Waals surface area contributed by atoms with E-state index in [9.17, 15) is 4.79 Å². The van der Waals surface area contributed by atoms with Crippen molar-refractivity contribution < 1.29 is 19.0 Å². The maximum Gasteiger partial charge on any atom is 0.266 e. The number of methoxy groups -OCH3 is 3. The summed E-state index contributed by atoms with van der Waals surface area (Å²) >= 11 is 1.38. The zero-order chi connectivity index (χ0) is 22.8. The number of fused-ring (bicyclic) bond motifs is 1. The number of piperidine rings is 1. The van der Waals surface area contributed by atoms with Crippen molar-refractivity contribution in [2.24, 2.45) is 5.92 Å². The predicted molar refractivity (Wildman–Crippen MR) is 127 cm³/mol. The Bertz CT molecular complexity index is 1110. The van der Waals surface area contributed by atoms with Gasteiger partial charge in [-0.1, -0.05) is 6.92 Å². The van der Waals surface area contributed by atoms with Crippen molar-refractivity contribution in [3.8, 4) is 17.2 Å². The topological polar surface area (TPSA) is 85.8 Å². The molecule has 4 rings (SSSR count). The van der Waals surface area contributed by atoms with Gasteiger partial charge in [0.15, 0.2) is 11.5 Å². The molecule has 3 aromatic rings. The van der Waals surface area contributed by atoms with E-state index in [2.05, 4.69) is 27.1 Å². The van der Waals surface area contributed by atoms with Gasteiger partial charge in [0.1, 0.15) is 17.0 Å². The molecule has 1 aromatic carbocycles. The first-order chi connectivity index (χ1) is 15.5. The van der Waals surface area contributed by atoms with E-state index in [1.165, 1.54) is 11.3 Å². The van der Waals surface area contributed by atoms with Crippen LogP contribution in [-0.2, 0) is 0 Å². The van der Waals surface area contributed by atoms with E-state index < -0.39 is 0 Å². The van der Waals surface area contributed by atoms with Gasteiger partial charge in [-0.25, -0.2) is 9.97 Å². The number of carbonyl (C=O) groups excluding carboxylic acids is 1. The van der Waals surface area contributed by atoms with Crippen molar-refractivity contribution >= 4 is 39.0 Å². The monoisotopic (exact) mass is 456 g/mol. The zero-order valence-electron chi connectivity index (χ0n) is 19.0. The van der Waals surface area contributed by atoms with E-state index in [-0.39, 0.29) is 5.91 Å². The highest BCUT2D eigenvalue weighted by Gasteiger charge is 2.24. The lowest BCUT2D eigenvalue weighted by Crippen LogP contribution is -2.33. The number of nitrogens with zero attached hydrogens (tertiary/aromatic N) is 3. The highest BCUT2D eigenvalue weighted by atomic mass is 32.1. The van der Waals surface area contributed by atoms with Crippen LogP contribution >= 0.6 is 11.3 Å². The van der Waals surface area contributed by atoms with Crippen LogP contribution in [0.5, 0.6) is 17.2 Å². The van der Waals surface area contributed by atoms with Crippen LogP contribution in [0.3, 0.4) is 0 Å². The Hall–Kier alpha value is -3.07. The predicted octanol–water partition coefficient (Wildman–Crippen LogP) is 4.51. The van der Waals surface area contributed by atoms with Gasteiger partial charge in [0.2, 0.25) is 5.75 Å². The average molecular weight is 457 g/mol. The molecule has 1 amide bonds. The number of nitrogens with one attached hydrogen (secondary N) is 1. The smallest absolute Gasteiger partial charge is 0.266 e. The van der Waals surface area contributed by atoms with Crippen molar-refractivity contribution in [2.75, 3.05) is 44.6 Å². The standard InChI is InChI=1S/C23H28N4O4S/c1-13-6-8-27(9-7-13)21-18-14(2)20(32-23(18)25-12-24-21)22(28)26-15-10-16(29-3)19(31-5)17(11-15)30-4/h10-13H,6-9H2,1-5H3,(H,26,28). The van der Waals surface area contributed by atoms with Gasteiger partial charge in [-0.15, -0.1) is 11.3 Å². The number of aromatic nitrogens is 2. The van der Waals surface area contributed by atoms with Gasteiger partial charge in [0.25, 0.3) is 5.91 Å². The quantitative estimate of drug-likeness (QED) is 0.584. The molecule has 0 saturated carbocycles. The fourth-order valence-corrected chi connectivity index (χ4v) is 5.11. The third kappa shape index (κ3) is 4.04. The van der Waals surface area contributed by atoms with E-state index in [0.717, 1.165) is 53.4 Å². The first-order valence-electron chi connectivity index (χ1n) is 10.6. The van der Waals surface area contributed by atoms with E-state index in [1.54, 1.807) is 39.8 Å². The van der Waals surface area contributed by atoms with Crippen molar-refractivity contribution in [3.63, 3.8) is 0 Å². The van der Waals surface area contributed by atoms with Crippen LogP contribution in [0.4, 0.5) is 11.5 Å². The lowest BCUT2D eigenvalue weighted by Gasteiger charge is -2.31. The highest BCUT2D eigenvalue weighted by molar-refractivity contribution is 7.20. The van der Waals surface area contributed by atoms with Crippen molar-refractivity contribution in [2.45, 2.75) is 26.7 Å². The molecular formula is C23H28N4O4S. The number of anilines is 2. The van der Waals surface area contributed by atoms with E-state index >= 15 is 0 Å². The van der Waals surface area contributed by atoms with Crippen LogP contribution in [0, 0.1) is 12.8 Å². The summed E-state index contributed by atoms with van der Waals surface area (Å²) in [7, 11) is 4.63. The van der Waals surface area contributed by atoms with Crippen LogP contribution in [-0.4, -0.2) is 50.3 Å². The SMILES string of the molecule is COc1cc(NC(=O)c2sc3ncnc(N4CCC(C)CC4)c3c2C)cc(OC)c1OC. The summed E-state index contributed by atoms with van der Waals surface area (Å²) < 4.78 is 16.1. The van der Waals surface area contributed by atoms with Gasteiger partial charge in [-0.2, -0.15) is 0 Å². The fraction of sp³-hybridized carbons (Fsp3) is 0.435. The minimum Gasteiger partial charge on any atom is -0.493 e. The number of hydrogen-bond acceptors (Lipinski definition) is 8. The largest absolute Gasteiger partial charge is 0.493 e. The zero-order valence-corrected chi connectivity index (χ0v) is 19.8. The van der Waals surface area contributed by atoms with Crippen LogP contribution in [0.1, 0.15) is 35.0 Å². The highest BCUT2D eigenvalue weighted by Crippen LogP contribution is 2.41. The number of ether oxygens (including phenoxy) is 3. The number of carbonyl (C=O) groups is 1. The molecule has 32 heavy (non-hydrogen) atoms. The van der Waals surface area contributed by atoms with Crippen LogP contribution in [0.25, 0.3) is 10.2 Å². The summed E-state index contributed by atoms with van der Waals surface area (Å²) in [5.41, 5.74) is 1.45. The molecule has 2 aromatic heterocycles. The van der Waals surface area contributed by atoms with E-state index in [1.807, 2.05) is 6.92 Å². The Labute approximate surface area is 191 Å². The first-order valence-corrected chi connectivity index (χ1v) is 11.4. The second kappa shape index (κ2) is 9.20. The minimum atomic E-state index is -0.210. The summed E-state index contributed by atoms with van der Waals surface area (Å²) in [5, 5.41) is 3.92. The maximum atomic E-state index is 13.2. The van der Waals surface area contributed by atoms with Crippen molar-refractivity contribution in [1.82, 2.24) is 9.97 Å². The number of amides is 1. The molecule has 1 aliphatic heterocycles. The average Bonchev–Trinajstić information content (AvgIpc) is 3.15. The van der Waals surface area contributed by atoms with Gasteiger partial charge in [-0.05, 0) is 31.2 Å².